The Hall–Kier alpha value is -0.810. The minimum Gasteiger partial charge on any atom is -0.318 e. The smallest absolute Gasteiger partial charge is 0.274 e. The first-order valence-electron chi connectivity index (χ1n) is 5.06. The molecule has 0 spiro atoms. The van der Waals surface area contributed by atoms with Crippen LogP contribution in [-0.4, -0.2) is 10.9 Å². The first-order valence-corrected chi connectivity index (χ1v) is 6.98. The molecule has 0 radical (unpaired) electrons. The summed E-state index contributed by atoms with van der Waals surface area (Å²) in [5.41, 5.74) is 0.515. The van der Waals surface area contributed by atoms with Crippen molar-refractivity contribution in [1.82, 2.24) is 4.98 Å². The summed E-state index contributed by atoms with van der Waals surface area (Å²) in [5, 5.41) is 3.50. The van der Waals surface area contributed by atoms with Crippen molar-refractivity contribution in [3.05, 3.63) is 55.7 Å². The van der Waals surface area contributed by atoms with Crippen LogP contribution in [0.5, 0.6) is 0 Å². The zero-order valence-corrected chi connectivity index (χ0v) is 13.1. The number of halogens is 4. The van der Waals surface area contributed by atoms with Crippen molar-refractivity contribution in [2.45, 2.75) is 0 Å². The van der Waals surface area contributed by atoms with E-state index < -0.39 is 5.91 Å². The third-order valence-corrected chi connectivity index (χ3v) is 3.46. The van der Waals surface area contributed by atoms with E-state index in [0.717, 1.165) is 4.47 Å². The van der Waals surface area contributed by atoms with Crippen LogP contribution in [0.1, 0.15) is 10.5 Å². The highest BCUT2D eigenvalue weighted by atomic mass is 79.9. The standard InChI is InChI=1S/C12H6BrCl3N2O/c13-6-4-7(14)11(8(15)5-6)18-12(19)9-2-1-3-10(16)17-9/h1-5H,(H,18,19). The molecule has 1 amide bonds. The number of amides is 1. The fourth-order valence-electron chi connectivity index (χ4n) is 1.37. The number of hydrogen-bond acceptors (Lipinski definition) is 2. The Morgan fingerprint density at radius 1 is 1.16 bits per heavy atom. The Morgan fingerprint density at radius 3 is 2.37 bits per heavy atom. The van der Waals surface area contributed by atoms with Gasteiger partial charge in [-0.3, -0.25) is 4.79 Å². The number of hydrogen-bond donors (Lipinski definition) is 1. The summed E-state index contributed by atoms with van der Waals surface area (Å²) >= 11 is 21.0. The highest BCUT2D eigenvalue weighted by Gasteiger charge is 2.13. The molecule has 0 aliphatic rings. The topological polar surface area (TPSA) is 42.0 Å². The lowest BCUT2D eigenvalue weighted by Gasteiger charge is -2.09. The van der Waals surface area contributed by atoms with Crippen LogP contribution in [0.4, 0.5) is 5.69 Å². The molecule has 98 valence electrons. The molecule has 1 heterocycles. The fourth-order valence-corrected chi connectivity index (χ4v) is 2.84. The maximum absolute atomic E-state index is 12.0. The van der Waals surface area contributed by atoms with Gasteiger partial charge in [0.2, 0.25) is 0 Å². The second-order valence-corrected chi connectivity index (χ2v) is 5.66. The molecule has 0 bridgehead atoms. The Labute approximate surface area is 133 Å². The van der Waals surface area contributed by atoms with Gasteiger partial charge in [-0.2, -0.15) is 0 Å². The zero-order valence-electron chi connectivity index (χ0n) is 9.25. The number of nitrogens with one attached hydrogen (secondary N) is 1. The van der Waals surface area contributed by atoms with Crippen LogP contribution < -0.4 is 5.32 Å². The van der Waals surface area contributed by atoms with Gasteiger partial charge in [0, 0.05) is 4.47 Å². The summed E-state index contributed by atoms with van der Waals surface area (Å²) in [6.07, 6.45) is 0. The number of carbonyl (C=O) groups is 1. The van der Waals surface area contributed by atoms with E-state index in [1.807, 2.05) is 0 Å². The van der Waals surface area contributed by atoms with Gasteiger partial charge in [0.15, 0.2) is 0 Å². The summed E-state index contributed by atoms with van der Waals surface area (Å²) in [7, 11) is 0. The first kappa shape index (κ1) is 14.6. The fraction of sp³-hybridized carbons (Fsp3) is 0. The first-order chi connectivity index (χ1) is 8.97. The van der Waals surface area contributed by atoms with Crippen molar-refractivity contribution < 1.29 is 4.79 Å². The quantitative estimate of drug-likeness (QED) is 0.740. The Bertz CT molecular complexity index is 626. The molecule has 0 saturated carbocycles. The molecule has 19 heavy (non-hydrogen) atoms. The molecule has 0 saturated heterocycles. The summed E-state index contributed by atoms with van der Waals surface area (Å²) in [6.45, 7) is 0. The number of aromatic nitrogens is 1. The monoisotopic (exact) mass is 378 g/mol. The van der Waals surface area contributed by atoms with Gasteiger partial charge in [0.1, 0.15) is 10.8 Å². The molecule has 1 N–H and O–H groups in total. The summed E-state index contributed by atoms with van der Waals surface area (Å²) in [5.74, 6) is -0.436. The van der Waals surface area contributed by atoms with Crippen LogP contribution in [0.2, 0.25) is 15.2 Å². The molecule has 0 atom stereocenters. The van der Waals surface area contributed by atoms with Crippen LogP contribution in [-0.2, 0) is 0 Å². The largest absolute Gasteiger partial charge is 0.318 e. The van der Waals surface area contributed by atoms with Crippen molar-refractivity contribution in [3.63, 3.8) is 0 Å². The van der Waals surface area contributed by atoms with E-state index in [9.17, 15) is 4.79 Å². The number of anilines is 1. The molecular formula is C12H6BrCl3N2O. The Balaban J connectivity index is 2.29. The van der Waals surface area contributed by atoms with Crippen molar-refractivity contribution >= 4 is 62.3 Å². The van der Waals surface area contributed by atoms with E-state index in [1.54, 1.807) is 30.3 Å². The predicted octanol–water partition coefficient (Wildman–Crippen LogP) is 5.06. The lowest BCUT2D eigenvalue weighted by Crippen LogP contribution is -2.14. The normalized spacial score (nSPS) is 10.3. The average Bonchev–Trinajstić information content (AvgIpc) is 2.33. The van der Waals surface area contributed by atoms with Crippen LogP contribution in [0.15, 0.2) is 34.8 Å². The van der Waals surface area contributed by atoms with Gasteiger partial charge in [0.05, 0.1) is 15.7 Å². The van der Waals surface area contributed by atoms with E-state index >= 15 is 0 Å². The lowest BCUT2D eigenvalue weighted by molar-refractivity contribution is 0.102. The van der Waals surface area contributed by atoms with E-state index in [-0.39, 0.29) is 10.8 Å². The van der Waals surface area contributed by atoms with Crippen molar-refractivity contribution in [3.8, 4) is 0 Å². The van der Waals surface area contributed by atoms with Gasteiger partial charge in [0.25, 0.3) is 5.91 Å². The predicted molar refractivity (Wildman–Crippen MR) is 81.4 cm³/mol. The number of pyridine rings is 1. The minimum atomic E-state index is -0.436. The second kappa shape index (κ2) is 6.09. The number of carbonyl (C=O) groups excluding carboxylic acids is 1. The minimum absolute atomic E-state index is 0.183. The molecule has 2 aromatic rings. The summed E-state index contributed by atoms with van der Waals surface area (Å²) < 4.78 is 0.723. The van der Waals surface area contributed by atoms with Crippen LogP contribution >= 0.6 is 50.7 Å². The van der Waals surface area contributed by atoms with E-state index in [0.29, 0.717) is 15.7 Å². The molecule has 0 unspecified atom stereocenters. The molecular weight excluding hydrogens is 374 g/mol. The van der Waals surface area contributed by atoms with Crippen molar-refractivity contribution in [2.24, 2.45) is 0 Å². The van der Waals surface area contributed by atoms with E-state index in [2.05, 4.69) is 26.2 Å². The molecule has 0 aliphatic heterocycles. The molecule has 3 nitrogen and oxygen atoms in total. The van der Waals surface area contributed by atoms with E-state index in [1.165, 1.54) is 0 Å². The summed E-state index contributed by atoms with van der Waals surface area (Å²) in [6, 6.07) is 8.03. The highest BCUT2D eigenvalue weighted by molar-refractivity contribution is 9.10. The van der Waals surface area contributed by atoms with Crippen LogP contribution in [0.25, 0.3) is 0 Å². The zero-order chi connectivity index (χ0) is 14.0. The van der Waals surface area contributed by atoms with Gasteiger partial charge >= 0.3 is 0 Å². The molecule has 0 aliphatic carbocycles. The van der Waals surface area contributed by atoms with E-state index in [4.69, 9.17) is 34.8 Å². The summed E-state index contributed by atoms with van der Waals surface area (Å²) in [4.78, 5) is 15.9. The van der Waals surface area contributed by atoms with Crippen LogP contribution in [0.3, 0.4) is 0 Å². The van der Waals surface area contributed by atoms with Gasteiger partial charge in [-0.25, -0.2) is 4.98 Å². The molecule has 1 aromatic heterocycles. The van der Waals surface area contributed by atoms with Gasteiger partial charge in [-0.15, -0.1) is 0 Å². The number of benzene rings is 1. The van der Waals surface area contributed by atoms with Gasteiger partial charge < -0.3 is 5.32 Å². The van der Waals surface area contributed by atoms with Crippen molar-refractivity contribution in [1.29, 1.82) is 0 Å². The second-order valence-electron chi connectivity index (χ2n) is 3.54. The van der Waals surface area contributed by atoms with Crippen molar-refractivity contribution in [2.75, 3.05) is 5.32 Å². The maximum atomic E-state index is 12.0. The number of rotatable bonds is 2. The molecule has 2 rings (SSSR count). The molecule has 7 heteroatoms. The SMILES string of the molecule is O=C(Nc1c(Cl)cc(Br)cc1Cl)c1cccc(Cl)n1. The van der Waals surface area contributed by atoms with Gasteiger partial charge in [-0.05, 0) is 24.3 Å². The van der Waals surface area contributed by atoms with Crippen LogP contribution in [0, 0.1) is 0 Å². The average molecular weight is 380 g/mol. The highest BCUT2D eigenvalue weighted by Crippen LogP contribution is 2.34. The van der Waals surface area contributed by atoms with Gasteiger partial charge in [-0.1, -0.05) is 56.8 Å². The lowest BCUT2D eigenvalue weighted by atomic mass is 10.3. The molecule has 0 fully saturated rings. The third kappa shape index (κ3) is 3.60. The maximum Gasteiger partial charge on any atom is 0.274 e. The third-order valence-electron chi connectivity index (χ3n) is 2.19. The molecule has 1 aromatic carbocycles. The number of nitrogens with zero attached hydrogens (tertiary/aromatic N) is 1. The Morgan fingerprint density at radius 2 is 1.79 bits per heavy atom. The Kier molecular flexibility index (Phi) is 4.68.